The summed E-state index contributed by atoms with van der Waals surface area (Å²) in [6, 6.07) is 0.138. The van der Waals surface area contributed by atoms with Gasteiger partial charge in [0.25, 0.3) is 0 Å². The van der Waals surface area contributed by atoms with E-state index in [9.17, 15) is 9.59 Å². The third-order valence-electron chi connectivity index (χ3n) is 5.30. The van der Waals surface area contributed by atoms with Crippen molar-refractivity contribution >= 4 is 11.8 Å². The molecular formula is C16H29N3O2. The zero-order valence-corrected chi connectivity index (χ0v) is 13.5. The Kier molecular flexibility index (Phi) is 5.25. The lowest BCUT2D eigenvalue weighted by atomic mass is 9.87. The lowest BCUT2D eigenvalue weighted by Crippen LogP contribution is -2.48. The van der Waals surface area contributed by atoms with Gasteiger partial charge in [-0.15, -0.1) is 0 Å². The van der Waals surface area contributed by atoms with E-state index in [1.807, 2.05) is 13.8 Å². The second-order valence-electron chi connectivity index (χ2n) is 7.08. The Bertz CT molecular complexity index is 391. The van der Waals surface area contributed by atoms with Crippen molar-refractivity contribution < 1.29 is 9.59 Å². The number of primary amides is 1. The van der Waals surface area contributed by atoms with Crippen LogP contribution in [-0.2, 0) is 9.59 Å². The maximum absolute atomic E-state index is 12.4. The summed E-state index contributed by atoms with van der Waals surface area (Å²) in [5.41, 5.74) is 5.42. The van der Waals surface area contributed by atoms with E-state index in [2.05, 4.69) is 17.1 Å². The van der Waals surface area contributed by atoms with Crippen LogP contribution in [0, 0.1) is 17.8 Å². The Hall–Kier alpha value is -1.10. The predicted octanol–water partition coefficient (Wildman–Crippen LogP) is 1.12. The molecule has 3 atom stereocenters. The van der Waals surface area contributed by atoms with Crippen LogP contribution in [-0.4, -0.2) is 41.9 Å². The average molecular weight is 295 g/mol. The molecule has 0 bridgehead atoms. The van der Waals surface area contributed by atoms with Crippen molar-refractivity contribution in [1.29, 1.82) is 0 Å². The van der Waals surface area contributed by atoms with Gasteiger partial charge in [-0.05, 0) is 44.4 Å². The second kappa shape index (κ2) is 6.77. The standard InChI is InChI=1S/C16H29N3O2/c1-10-4-6-13(7-5-10)18-16(21)12(3)19-8-11(2)14(9-19)15(17)20/h10-14H,4-9H2,1-3H3,(H2,17,20)(H,18,21)/t10?,11-,12?,13?,14-/m1/s1. The van der Waals surface area contributed by atoms with Gasteiger partial charge in [-0.3, -0.25) is 14.5 Å². The van der Waals surface area contributed by atoms with Crippen LogP contribution in [0.5, 0.6) is 0 Å². The molecule has 1 unspecified atom stereocenters. The van der Waals surface area contributed by atoms with Crippen LogP contribution in [0.15, 0.2) is 0 Å². The number of rotatable bonds is 4. The summed E-state index contributed by atoms with van der Waals surface area (Å²) in [5, 5.41) is 3.18. The molecule has 2 rings (SSSR count). The molecule has 5 heteroatoms. The predicted molar refractivity (Wildman–Crippen MR) is 82.4 cm³/mol. The first kappa shape index (κ1) is 16.3. The smallest absolute Gasteiger partial charge is 0.237 e. The van der Waals surface area contributed by atoms with E-state index in [-0.39, 0.29) is 29.7 Å². The van der Waals surface area contributed by atoms with Crippen molar-refractivity contribution in [2.45, 2.75) is 58.5 Å². The molecule has 1 saturated carbocycles. The molecule has 2 aliphatic rings. The summed E-state index contributed by atoms with van der Waals surface area (Å²) in [6.07, 6.45) is 4.56. The quantitative estimate of drug-likeness (QED) is 0.816. The number of hydrogen-bond acceptors (Lipinski definition) is 3. The Morgan fingerprint density at radius 3 is 2.29 bits per heavy atom. The van der Waals surface area contributed by atoms with Gasteiger partial charge in [0.2, 0.25) is 11.8 Å². The number of hydrogen-bond donors (Lipinski definition) is 2. The zero-order chi connectivity index (χ0) is 15.6. The minimum atomic E-state index is -0.251. The zero-order valence-electron chi connectivity index (χ0n) is 13.5. The first-order valence-corrected chi connectivity index (χ1v) is 8.22. The highest BCUT2D eigenvalue weighted by atomic mass is 16.2. The van der Waals surface area contributed by atoms with Crippen LogP contribution in [0.4, 0.5) is 0 Å². The Labute approximate surface area is 127 Å². The molecule has 0 spiro atoms. The van der Waals surface area contributed by atoms with Crippen LogP contribution >= 0.6 is 0 Å². The van der Waals surface area contributed by atoms with Crippen LogP contribution in [0.25, 0.3) is 0 Å². The average Bonchev–Trinajstić information content (AvgIpc) is 2.82. The maximum atomic E-state index is 12.4. The van der Waals surface area contributed by atoms with Crippen LogP contribution in [0.1, 0.15) is 46.5 Å². The number of amides is 2. The molecule has 1 saturated heterocycles. The van der Waals surface area contributed by atoms with E-state index in [4.69, 9.17) is 5.73 Å². The van der Waals surface area contributed by atoms with Crippen LogP contribution in [0.3, 0.4) is 0 Å². The third-order valence-corrected chi connectivity index (χ3v) is 5.30. The molecule has 0 aromatic carbocycles. The topological polar surface area (TPSA) is 75.4 Å². The van der Waals surface area contributed by atoms with E-state index in [1.165, 1.54) is 12.8 Å². The summed E-state index contributed by atoms with van der Waals surface area (Å²) in [5.74, 6) is 0.723. The lowest BCUT2D eigenvalue weighted by molar-refractivity contribution is -0.127. The lowest BCUT2D eigenvalue weighted by Gasteiger charge is -2.30. The molecule has 2 fully saturated rings. The number of likely N-dealkylation sites (tertiary alicyclic amines) is 1. The first-order valence-electron chi connectivity index (χ1n) is 8.22. The molecule has 0 aromatic heterocycles. The van der Waals surface area contributed by atoms with Crippen molar-refractivity contribution in [1.82, 2.24) is 10.2 Å². The summed E-state index contributed by atoms with van der Waals surface area (Å²) >= 11 is 0. The van der Waals surface area contributed by atoms with Gasteiger partial charge in [0, 0.05) is 19.1 Å². The van der Waals surface area contributed by atoms with Crippen molar-refractivity contribution in [3.05, 3.63) is 0 Å². The number of nitrogens with one attached hydrogen (secondary N) is 1. The minimum absolute atomic E-state index is 0.0897. The Balaban J connectivity index is 1.84. The van der Waals surface area contributed by atoms with Crippen LogP contribution in [0.2, 0.25) is 0 Å². The molecule has 2 amide bonds. The van der Waals surface area contributed by atoms with Gasteiger partial charge in [-0.2, -0.15) is 0 Å². The molecular weight excluding hydrogens is 266 g/mol. The van der Waals surface area contributed by atoms with E-state index < -0.39 is 0 Å². The summed E-state index contributed by atoms with van der Waals surface area (Å²) in [7, 11) is 0. The van der Waals surface area contributed by atoms with E-state index in [0.717, 1.165) is 25.3 Å². The SMILES string of the molecule is CC1CCC(NC(=O)C(C)N2C[C@@H](C)[C@H](C(N)=O)C2)CC1. The van der Waals surface area contributed by atoms with Crippen molar-refractivity contribution in [2.75, 3.05) is 13.1 Å². The van der Waals surface area contributed by atoms with Crippen molar-refractivity contribution in [3.63, 3.8) is 0 Å². The van der Waals surface area contributed by atoms with Gasteiger partial charge in [-0.1, -0.05) is 13.8 Å². The molecule has 0 aromatic rings. The molecule has 1 aliphatic heterocycles. The van der Waals surface area contributed by atoms with E-state index in [0.29, 0.717) is 12.6 Å². The maximum Gasteiger partial charge on any atom is 0.237 e. The van der Waals surface area contributed by atoms with Gasteiger partial charge in [0.1, 0.15) is 0 Å². The summed E-state index contributed by atoms with van der Waals surface area (Å²) < 4.78 is 0. The van der Waals surface area contributed by atoms with Gasteiger partial charge in [0.05, 0.1) is 12.0 Å². The number of nitrogens with two attached hydrogens (primary N) is 1. The Morgan fingerprint density at radius 2 is 1.76 bits per heavy atom. The molecule has 5 nitrogen and oxygen atoms in total. The van der Waals surface area contributed by atoms with Gasteiger partial charge in [-0.25, -0.2) is 0 Å². The highest BCUT2D eigenvalue weighted by Crippen LogP contribution is 2.26. The molecule has 1 heterocycles. The molecule has 0 radical (unpaired) electrons. The van der Waals surface area contributed by atoms with E-state index in [1.54, 1.807) is 0 Å². The third kappa shape index (κ3) is 3.96. The summed E-state index contributed by atoms with van der Waals surface area (Å²) in [4.78, 5) is 25.9. The van der Waals surface area contributed by atoms with Crippen LogP contribution < -0.4 is 11.1 Å². The molecule has 21 heavy (non-hydrogen) atoms. The largest absolute Gasteiger partial charge is 0.369 e. The molecule has 3 N–H and O–H groups in total. The van der Waals surface area contributed by atoms with Gasteiger partial charge in [0.15, 0.2) is 0 Å². The minimum Gasteiger partial charge on any atom is -0.369 e. The second-order valence-corrected chi connectivity index (χ2v) is 7.08. The van der Waals surface area contributed by atoms with Crippen molar-refractivity contribution in [3.8, 4) is 0 Å². The van der Waals surface area contributed by atoms with E-state index >= 15 is 0 Å². The normalized spacial score (nSPS) is 35.4. The number of carbonyl (C=O) groups is 2. The molecule has 1 aliphatic carbocycles. The van der Waals surface area contributed by atoms with Crippen molar-refractivity contribution in [2.24, 2.45) is 23.5 Å². The number of carbonyl (C=O) groups excluding carboxylic acids is 2. The fraction of sp³-hybridized carbons (Fsp3) is 0.875. The highest BCUT2D eigenvalue weighted by Gasteiger charge is 2.37. The fourth-order valence-corrected chi connectivity index (χ4v) is 3.58. The monoisotopic (exact) mass is 295 g/mol. The summed E-state index contributed by atoms with van der Waals surface area (Å²) in [6.45, 7) is 7.60. The molecule has 120 valence electrons. The van der Waals surface area contributed by atoms with Gasteiger partial charge < -0.3 is 11.1 Å². The number of nitrogens with zero attached hydrogens (tertiary/aromatic N) is 1. The fourth-order valence-electron chi connectivity index (χ4n) is 3.58. The first-order chi connectivity index (χ1) is 9.88. The highest BCUT2D eigenvalue weighted by molar-refractivity contribution is 5.82. The van der Waals surface area contributed by atoms with Gasteiger partial charge >= 0.3 is 0 Å². The Morgan fingerprint density at radius 1 is 1.14 bits per heavy atom.